The van der Waals surface area contributed by atoms with E-state index in [0.29, 0.717) is 42.4 Å². The van der Waals surface area contributed by atoms with Gasteiger partial charge in [0.2, 0.25) is 0 Å². The van der Waals surface area contributed by atoms with Crippen LogP contribution in [0.5, 0.6) is 0 Å². The topological polar surface area (TPSA) is 98.1 Å². The van der Waals surface area contributed by atoms with E-state index in [1.54, 1.807) is 42.8 Å². The van der Waals surface area contributed by atoms with E-state index in [1.807, 2.05) is 11.0 Å². The minimum Gasteiger partial charge on any atom is -0.379 e. The summed E-state index contributed by atoms with van der Waals surface area (Å²) in [6, 6.07) is 8.83. The van der Waals surface area contributed by atoms with Crippen LogP contribution in [0.15, 0.2) is 36.7 Å². The molecule has 4 heterocycles. The van der Waals surface area contributed by atoms with E-state index < -0.39 is 17.3 Å². The molecular formula is C26H29F2N7O2. The summed E-state index contributed by atoms with van der Waals surface area (Å²) in [5.74, 6) is 0.785. The predicted molar refractivity (Wildman–Crippen MR) is 131 cm³/mol. The van der Waals surface area contributed by atoms with Crippen LogP contribution < -0.4 is 5.32 Å². The first-order valence-corrected chi connectivity index (χ1v) is 12.5. The van der Waals surface area contributed by atoms with E-state index in [4.69, 9.17) is 4.74 Å². The number of hydrogen-bond donors (Lipinski definition) is 1. The van der Waals surface area contributed by atoms with Gasteiger partial charge in [-0.2, -0.15) is 0 Å². The third-order valence-corrected chi connectivity index (χ3v) is 7.34. The van der Waals surface area contributed by atoms with Gasteiger partial charge in [-0.05, 0) is 43.5 Å². The van der Waals surface area contributed by atoms with Crippen LogP contribution in [0.25, 0.3) is 0 Å². The van der Waals surface area contributed by atoms with Crippen molar-refractivity contribution in [2.24, 2.45) is 7.05 Å². The molecule has 0 bridgehead atoms. The summed E-state index contributed by atoms with van der Waals surface area (Å²) < 4.78 is 36.6. The first-order valence-electron chi connectivity index (χ1n) is 12.5. The molecule has 194 valence electrons. The van der Waals surface area contributed by atoms with Crippen LogP contribution in [0.4, 0.5) is 14.5 Å². The summed E-state index contributed by atoms with van der Waals surface area (Å²) in [6.45, 7) is 3.16. The molecule has 2 saturated heterocycles. The van der Waals surface area contributed by atoms with Crippen LogP contribution in [-0.2, 0) is 23.7 Å². The first-order chi connectivity index (χ1) is 17.7. The van der Waals surface area contributed by atoms with Crippen molar-refractivity contribution in [1.29, 1.82) is 0 Å². The lowest BCUT2D eigenvalue weighted by atomic mass is 9.74. The van der Waals surface area contributed by atoms with Crippen LogP contribution in [0.1, 0.15) is 65.2 Å². The Morgan fingerprint density at radius 1 is 1.24 bits per heavy atom. The maximum Gasteiger partial charge on any atom is 0.274 e. The van der Waals surface area contributed by atoms with Crippen molar-refractivity contribution in [3.63, 3.8) is 0 Å². The largest absolute Gasteiger partial charge is 0.379 e. The van der Waals surface area contributed by atoms with Crippen molar-refractivity contribution >= 4 is 11.6 Å². The molecule has 11 heteroatoms. The molecule has 1 N–H and O–H groups in total. The molecule has 6 rings (SSSR count). The van der Waals surface area contributed by atoms with Crippen molar-refractivity contribution in [3.8, 4) is 0 Å². The second-order valence-corrected chi connectivity index (χ2v) is 10.8. The van der Waals surface area contributed by atoms with E-state index in [9.17, 15) is 9.18 Å². The van der Waals surface area contributed by atoms with Gasteiger partial charge in [0.05, 0.1) is 24.3 Å². The monoisotopic (exact) mass is 509 g/mol. The molecule has 1 aromatic carbocycles. The maximum atomic E-state index is 15.7. The molecule has 1 saturated carbocycles. The lowest BCUT2D eigenvalue weighted by molar-refractivity contribution is -0.102. The average molecular weight is 510 g/mol. The van der Waals surface area contributed by atoms with Crippen molar-refractivity contribution in [1.82, 2.24) is 29.6 Å². The van der Waals surface area contributed by atoms with Gasteiger partial charge in [-0.25, -0.2) is 18.7 Å². The molecule has 0 radical (unpaired) electrons. The summed E-state index contributed by atoms with van der Waals surface area (Å²) in [5, 5.41) is 10.7. The number of anilines is 1. The molecule has 1 unspecified atom stereocenters. The number of benzene rings is 1. The third kappa shape index (κ3) is 4.61. The Labute approximate surface area is 213 Å². The molecule has 3 aliphatic rings. The predicted octanol–water partition coefficient (Wildman–Crippen LogP) is 3.26. The Bertz CT molecular complexity index is 1330. The zero-order valence-electron chi connectivity index (χ0n) is 20.8. The van der Waals surface area contributed by atoms with E-state index in [1.165, 1.54) is 6.33 Å². The van der Waals surface area contributed by atoms with Gasteiger partial charge in [-0.3, -0.25) is 9.69 Å². The van der Waals surface area contributed by atoms with Crippen molar-refractivity contribution < 1.29 is 18.3 Å². The number of amides is 1. The van der Waals surface area contributed by atoms with Gasteiger partial charge < -0.3 is 14.6 Å². The molecule has 2 aromatic heterocycles. The number of nitrogens with zero attached hydrogens (tertiary/aromatic N) is 6. The van der Waals surface area contributed by atoms with Crippen LogP contribution in [0.3, 0.4) is 0 Å². The fourth-order valence-electron chi connectivity index (χ4n) is 5.12. The lowest BCUT2D eigenvalue weighted by Gasteiger charge is -2.43. The second kappa shape index (κ2) is 8.91. The molecule has 37 heavy (non-hydrogen) atoms. The van der Waals surface area contributed by atoms with Gasteiger partial charge in [0.1, 0.15) is 23.5 Å². The summed E-state index contributed by atoms with van der Waals surface area (Å²) in [5.41, 5.74) is 0.131. The number of carbonyl (C=O) groups excluding carboxylic acids is 1. The molecule has 3 fully saturated rings. The Kier molecular flexibility index (Phi) is 5.79. The highest BCUT2D eigenvalue weighted by Gasteiger charge is 2.50. The Morgan fingerprint density at radius 2 is 2.03 bits per heavy atom. The molecular weight excluding hydrogens is 480 g/mol. The fraction of sp³-hybridized carbons (Fsp3) is 0.500. The summed E-state index contributed by atoms with van der Waals surface area (Å²) in [6.07, 6.45) is 2.05. The SMILES string of the molecule is Cn1cnnc1C(F)C1(c2cccc(NC(=O)c3cc(CN4CC(C)(F)C4)nc(C4CC4)n3)c2)COC1. The molecule has 3 aromatic rings. The van der Waals surface area contributed by atoms with Gasteiger partial charge in [0, 0.05) is 38.3 Å². The van der Waals surface area contributed by atoms with Crippen LogP contribution in [0.2, 0.25) is 0 Å². The molecule has 1 aliphatic carbocycles. The first kappa shape index (κ1) is 24.1. The van der Waals surface area contributed by atoms with E-state index in [0.717, 1.165) is 12.8 Å². The number of carbonyl (C=O) groups is 1. The standard InChI is InChI=1S/C26H29F2N7O2/c1-25(28)11-35(12-25)10-19-9-20(32-22(30-19)16-6-7-16)24(36)31-18-5-3-4-17(8-18)26(13-37-14-26)21(27)23-33-29-15-34(23)2/h3-5,8-9,15-16,21H,6-7,10-14H2,1-2H3,(H,31,36). The third-order valence-electron chi connectivity index (χ3n) is 7.34. The number of aromatic nitrogens is 5. The average Bonchev–Trinajstić information content (AvgIpc) is 3.58. The van der Waals surface area contributed by atoms with Gasteiger partial charge in [0.25, 0.3) is 5.91 Å². The highest BCUT2D eigenvalue weighted by Crippen LogP contribution is 2.45. The second-order valence-electron chi connectivity index (χ2n) is 10.8. The van der Waals surface area contributed by atoms with Crippen LogP contribution in [0, 0.1) is 0 Å². The maximum absolute atomic E-state index is 15.7. The number of hydrogen-bond acceptors (Lipinski definition) is 7. The van der Waals surface area contributed by atoms with E-state index in [-0.39, 0.29) is 36.6 Å². The summed E-state index contributed by atoms with van der Waals surface area (Å²) >= 11 is 0. The Hall–Kier alpha value is -3.31. The smallest absolute Gasteiger partial charge is 0.274 e. The van der Waals surface area contributed by atoms with E-state index >= 15 is 4.39 Å². The summed E-state index contributed by atoms with van der Waals surface area (Å²) in [4.78, 5) is 24.4. The van der Waals surface area contributed by atoms with Crippen molar-refractivity contribution in [3.05, 3.63) is 65.3 Å². The number of nitrogens with one attached hydrogen (secondary N) is 1. The molecule has 2 aliphatic heterocycles. The molecule has 1 amide bonds. The van der Waals surface area contributed by atoms with Crippen LogP contribution in [-0.4, -0.2) is 67.5 Å². The van der Waals surface area contributed by atoms with Gasteiger partial charge >= 0.3 is 0 Å². The quantitative estimate of drug-likeness (QED) is 0.498. The highest BCUT2D eigenvalue weighted by atomic mass is 19.1. The minimum absolute atomic E-state index is 0.201. The Balaban J connectivity index is 1.22. The number of rotatable bonds is 8. The highest BCUT2D eigenvalue weighted by molar-refractivity contribution is 6.03. The van der Waals surface area contributed by atoms with Crippen molar-refractivity contribution in [2.75, 3.05) is 31.6 Å². The lowest BCUT2D eigenvalue weighted by Crippen LogP contribution is -2.56. The number of likely N-dealkylation sites (tertiary alicyclic amines) is 1. The number of alkyl halides is 2. The zero-order valence-corrected chi connectivity index (χ0v) is 20.8. The van der Waals surface area contributed by atoms with Crippen LogP contribution >= 0.6 is 0 Å². The summed E-state index contributed by atoms with van der Waals surface area (Å²) in [7, 11) is 1.70. The molecule has 1 atom stereocenters. The molecule has 9 nitrogen and oxygen atoms in total. The van der Waals surface area contributed by atoms with Crippen molar-refractivity contribution in [2.45, 2.75) is 49.5 Å². The van der Waals surface area contributed by atoms with E-state index in [2.05, 4.69) is 25.5 Å². The zero-order chi connectivity index (χ0) is 25.8. The normalized spacial score (nSPS) is 21.1. The van der Waals surface area contributed by atoms with Gasteiger partial charge in [0.15, 0.2) is 12.0 Å². The minimum atomic E-state index is -1.42. The van der Waals surface area contributed by atoms with Gasteiger partial charge in [-0.15, -0.1) is 10.2 Å². The number of aryl methyl sites for hydroxylation is 1. The molecule has 0 spiro atoms. The Morgan fingerprint density at radius 3 is 2.65 bits per heavy atom. The van der Waals surface area contributed by atoms with Gasteiger partial charge in [-0.1, -0.05) is 12.1 Å². The number of halogens is 2. The number of ether oxygens (including phenoxy) is 1. The fourth-order valence-corrected chi connectivity index (χ4v) is 5.12.